The molecular weight excluding hydrogens is 314 g/mol. The van der Waals surface area contributed by atoms with Gasteiger partial charge in [0.2, 0.25) is 5.91 Å². The van der Waals surface area contributed by atoms with Crippen molar-refractivity contribution < 1.29 is 4.79 Å². The van der Waals surface area contributed by atoms with E-state index in [4.69, 9.17) is 0 Å². The molecule has 3 aromatic heterocycles. The molecule has 1 N–H and O–H groups in total. The Labute approximate surface area is 146 Å². The monoisotopic (exact) mass is 335 g/mol. The van der Waals surface area contributed by atoms with Crippen LogP contribution in [-0.4, -0.2) is 33.4 Å². The maximum absolute atomic E-state index is 12.5. The zero-order valence-corrected chi connectivity index (χ0v) is 14.3. The highest BCUT2D eigenvalue weighted by molar-refractivity contribution is 5.94. The first kappa shape index (κ1) is 15.6. The van der Waals surface area contributed by atoms with Gasteiger partial charge in [0.1, 0.15) is 5.65 Å². The fourth-order valence-electron chi connectivity index (χ4n) is 3.32. The van der Waals surface area contributed by atoms with Gasteiger partial charge in [0.05, 0.1) is 17.8 Å². The molecule has 3 aromatic rings. The predicted molar refractivity (Wildman–Crippen MR) is 97.9 cm³/mol. The van der Waals surface area contributed by atoms with Crippen molar-refractivity contribution in [2.24, 2.45) is 0 Å². The zero-order valence-electron chi connectivity index (χ0n) is 14.3. The molecule has 6 nitrogen and oxygen atoms in total. The number of imidazole rings is 1. The third-order valence-corrected chi connectivity index (χ3v) is 4.54. The summed E-state index contributed by atoms with van der Waals surface area (Å²) in [6.45, 7) is 4.00. The summed E-state index contributed by atoms with van der Waals surface area (Å²) >= 11 is 0. The first-order valence-electron chi connectivity index (χ1n) is 8.64. The minimum Gasteiger partial charge on any atom is -0.355 e. The standard InChI is InChI=1S/C19H21N5O/c1-14-6-5-11-24-13-15(21-18(14)24)12-17(25)22-16-7-4-8-20-19(16)23-9-2-3-10-23/h4-8,11,13H,2-3,9-10,12H2,1H3,(H,22,25). The summed E-state index contributed by atoms with van der Waals surface area (Å²) in [6.07, 6.45) is 8.22. The lowest BCUT2D eigenvalue weighted by atomic mass is 10.3. The summed E-state index contributed by atoms with van der Waals surface area (Å²) in [5.41, 5.74) is 3.52. The highest BCUT2D eigenvalue weighted by Gasteiger charge is 2.18. The van der Waals surface area contributed by atoms with Crippen molar-refractivity contribution in [3.63, 3.8) is 0 Å². The lowest BCUT2D eigenvalue weighted by Crippen LogP contribution is -2.23. The average Bonchev–Trinajstić information content (AvgIpc) is 3.25. The molecule has 0 saturated carbocycles. The van der Waals surface area contributed by atoms with Gasteiger partial charge in [0, 0.05) is 31.7 Å². The summed E-state index contributed by atoms with van der Waals surface area (Å²) in [6, 6.07) is 7.76. The van der Waals surface area contributed by atoms with Crippen LogP contribution in [-0.2, 0) is 11.2 Å². The van der Waals surface area contributed by atoms with E-state index in [9.17, 15) is 4.79 Å². The van der Waals surface area contributed by atoms with Gasteiger partial charge in [-0.1, -0.05) is 6.07 Å². The van der Waals surface area contributed by atoms with Gasteiger partial charge < -0.3 is 14.6 Å². The molecule has 1 amide bonds. The van der Waals surface area contributed by atoms with Crippen LogP contribution in [0.3, 0.4) is 0 Å². The van der Waals surface area contributed by atoms with E-state index in [0.29, 0.717) is 0 Å². The minimum absolute atomic E-state index is 0.0745. The molecule has 6 heteroatoms. The van der Waals surface area contributed by atoms with Crippen LogP contribution in [0.25, 0.3) is 5.65 Å². The molecule has 1 saturated heterocycles. The lowest BCUT2D eigenvalue weighted by Gasteiger charge is -2.19. The third-order valence-electron chi connectivity index (χ3n) is 4.54. The lowest BCUT2D eigenvalue weighted by molar-refractivity contribution is -0.115. The Kier molecular flexibility index (Phi) is 4.09. The molecule has 1 aliphatic heterocycles. The minimum atomic E-state index is -0.0745. The molecule has 0 aromatic carbocycles. The number of anilines is 2. The summed E-state index contributed by atoms with van der Waals surface area (Å²) in [4.78, 5) is 23.8. The largest absolute Gasteiger partial charge is 0.355 e. The number of hydrogen-bond donors (Lipinski definition) is 1. The Morgan fingerprint density at radius 2 is 2.08 bits per heavy atom. The van der Waals surface area contributed by atoms with Crippen molar-refractivity contribution in [3.8, 4) is 0 Å². The van der Waals surface area contributed by atoms with Crippen molar-refractivity contribution >= 4 is 23.1 Å². The maximum atomic E-state index is 12.5. The number of nitrogens with one attached hydrogen (secondary N) is 1. The normalized spacial score (nSPS) is 14.2. The number of aromatic nitrogens is 3. The zero-order chi connectivity index (χ0) is 17.2. The predicted octanol–water partition coefficient (Wildman–Crippen LogP) is 2.82. The Bertz CT molecular complexity index is 911. The average molecular weight is 335 g/mol. The van der Waals surface area contributed by atoms with Gasteiger partial charge in [-0.25, -0.2) is 9.97 Å². The molecule has 0 aliphatic carbocycles. The Balaban J connectivity index is 1.51. The van der Waals surface area contributed by atoms with E-state index >= 15 is 0 Å². The second-order valence-electron chi connectivity index (χ2n) is 6.45. The molecule has 25 heavy (non-hydrogen) atoms. The molecule has 1 fully saturated rings. The van der Waals surface area contributed by atoms with Crippen LogP contribution >= 0.6 is 0 Å². The van der Waals surface area contributed by atoms with Crippen LogP contribution in [0.15, 0.2) is 42.9 Å². The van der Waals surface area contributed by atoms with Crippen LogP contribution in [0, 0.1) is 6.92 Å². The van der Waals surface area contributed by atoms with Crippen LogP contribution < -0.4 is 10.2 Å². The highest BCUT2D eigenvalue weighted by atomic mass is 16.1. The first-order chi connectivity index (χ1) is 12.2. The van der Waals surface area contributed by atoms with Gasteiger partial charge in [-0.15, -0.1) is 0 Å². The first-order valence-corrected chi connectivity index (χ1v) is 8.64. The number of amides is 1. The van der Waals surface area contributed by atoms with E-state index in [1.165, 1.54) is 12.8 Å². The van der Waals surface area contributed by atoms with Crippen LogP contribution in [0.2, 0.25) is 0 Å². The van der Waals surface area contributed by atoms with Crippen molar-refractivity contribution in [1.82, 2.24) is 14.4 Å². The molecule has 0 atom stereocenters. The number of nitrogens with zero attached hydrogens (tertiary/aromatic N) is 4. The molecule has 128 valence electrons. The van der Waals surface area contributed by atoms with Crippen LogP contribution in [0.5, 0.6) is 0 Å². The third kappa shape index (κ3) is 3.20. The number of pyridine rings is 2. The number of carbonyl (C=O) groups is 1. The van der Waals surface area contributed by atoms with E-state index in [2.05, 4.69) is 20.2 Å². The summed E-state index contributed by atoms with van der Waals surface area (Å²) < 4.78 is 1.96. The van der Waals surface area contributed by atoms with Gasteiger partial charge in [0.25, 0.3) is 0 Å². The molecule has 4 rings (SSSR count). The Morgan fingerprint density at radius 1 is 1.24 bits per heavy atom. The molecule has 0 radical (unpaired) electrons. The van der Waals surface area contributed by atoms with Crippen molar-refractivity contribution in [2.45, 2.75) is 26.2 Å². The second kappa shape index (κ2) is 6.55. The fourth-order valence-corrected chi connectivity index (χ4v) is 3.32. The number of carbonyl (C=O) groups excluding carboxylic acids is 1. The Hall–Kier alpha value is -2.89. The van der Waals surface area contributed by atoms with E-state index in [0.717, 1.165) is 41.5 Å². The van der Waals surface area contributed by atoms with E-state index in [-0.39, 0.29) is 12.3 Å². The quantitative estimate of drug-likeness (QED) is 0.796. The van der Waals surface area contributed by atoms with E-state index in [1.54, 1.807) is 6.20 Å². The highest BCUT2D eigenvalue weighted by Crippen LogP contribution is 2.26. The smallest absolute Gasteiger partial charge is 0.230 e. The number of fused-ring (bicyclic) bond motifs is 1. The van der Waals surface area contributed by atoms with Crippen molar-refractivity contribution in [2.75, 3.05) is 23.3 Å². The second-order valence-corrected chi connectivity index (χ2v) is 6.45. The molecule has 0 spiro atoms. The van der Waals surface area contributed by atoms with E-state index in [1.807, 2.05) is 48.0 Å². The number of rotatable bonds is 4. The molecule has 0 bridgehead atoms. The molecular formula is C19H21N5O. The number of hydrogen-bond acceptors (Lipinski definition) is 4. The van der Waals surface area contributed by atoms with Gasteiger partial charge >= 0.3 is 0 Å². The maximum Gasteiger partial charge on any atom is 0.230 e. The van der Waals surface area contributed by atoms with Gasteiger partial charge in [-0.05, 0) is 43.5 Å². The molecule has 1 aliphatic rings. The van der Waals surface area contributed by atoms with Gasteiger partial charge in [0.15, 0.2) is 5.82 Å². The Morgan fingerprint density at radius 3 is 2.88 bits per heavy atom. The topological polar surface area (TPSA) is 62.5 Å². The summed E-state index contributed by atoms with van der Waals surface area (Å²) in [7, 11) is 0. The SMILES string of the molecule is Cc1cccn2cc(CC(=O)Nc3cccnc3N3CCCC3)nc12. The van der Waals surface area contributed by atoms with E-state index < -0.39 is 0 Å². The molecule has 0 unspecified atom stereocenters. The molecule has 4 heterocycles. The van der Waals surface area contributed by atoms with Gasteiger partial charge in [-0.2, -0.15) is 0 Å². The fraction of sp³-hybridized carbons (Fsp3) is 0.316. The van der Waals surface area contributed by atoms with Crippen molar-refractivity contribution in [3.05, 3.63) is 54.1 Å². The van der Waals surface area contributed by atoms with Crippen molar-refractivity contribution in [1.29, 1.82) is 0 Å². The van der Waals surface area contributed by atoms with Crippen LogP contribution in [0.4, 0.5) is 11.5 Å². The number of aryl methyl sites for hydroxylation is 1. The van der Waals surface area contributed by atoms with Crippen LogP contribution in [0.1, 0.15) is 24.1 Å². The summed E-state index contributed by atoms with van der Waals surface area (Å²) in [5.74, 6) is 0.786. The summed E-state index contributed by atoms with van der Waals surface area (Å²) in [5, 5.41) is 3.00. The van der Waals surface area contributed by atoms with Gasteiger partial charge in [-0.3, -0.25) is 4.79 Å².